The number of ether oxygens (including phenoxy) is 1. The largest absolute Gasteiger partial charge is 0.497 e. The first-order chi connectivity index (χ1) is 14.0. The SMILES string of the molecule is COc1cccc(-c2cc(C(=O)Nc3ccc(F)cc3F)c3ccccc3n2)c1. The second-order valence-electron chi connectivity index (χ2n) is 6.38. The molecule has 1 N–H and O–H groups in total. The van der Waals surface area contributed by atoms with Crippen LogP contribution in [0, 0.1) is 11.6 Å². The Bertz CT molecular complexity index is 1220. The number of carbonyl (C=O) groups is 1. The van der Waals surface area contributed by atoms with Crippen molar-refractivity contribution in [2.45, 2.75) is 0 Å². The Kier molecular flexibility index (Phi) is 4.91. The summed E-state index contributed by atoms with van der Waals surface area (Å²) in [6.45, 7) is 0. The van der Waals surface area contributed by atoms with Gasteiger partial charge in [0, 0.05) is 17.0 Å². The number of hydrogen-bond acceptors (Lipinski definition) is 3. The van der Waals surface area contributed by atoms with Gasteiger partial charge in [-0.2, -0.15) is 0 Å². The monoisotopic (exact) mass is 390 g/mol. The number of carbonyl (C=O) groups excluding carboxylic acids is 1. The third-order valence-corrected chi connectivity index (χ3v) is 4.51. The third kappa shape index (κ3) is 3.78. The van der Waals surface area contributed by atoms with Crippen molar-refractivity contribution in [1.82, 2.24) is 4.98 Å². The van der Waals surface area contributed by atoms with Gasteiger partial charge in [-0.15, -0.1) is 0 Å². The number of nitrogens with one attached hydrogen (secondary N) is 1. The quantitative estimate of drug-likeness (QED) is 0.505. The number of fused-ring (bicyclic) bond motifs is 1. The third-order valence-electron chi connectivity index (χ3n) is 4.51. The topological polar surface area (TPSA) is 51.2 Å². The molecule has 3 aromatic carbocycles. The van der Waals surface area contributed by atoms with Crippen LogP contribution in [0.25, 0.3) is 22.2 Å². The minimum Gasteiger partial charge on any atom is -0.497 e. The van der Waals surface area contributed by atoms with Crippen molar-refractivity contribution >= 4 is 22.5 Å². The zero-order chi connectivity index (χ0) is 20.4. The van der Waals surface area contributed by atoms with Crippen LogP contribution < -0.4 is 10.1 Å². The number of methoxy groups -OCH3 is 1. The fourth-order valence-electron chi connectivity index (χ4n) is 3.07. The van der Waals surface area contributed by atoms with Crippen molar-refractivity contribution in [1.29, 1.82) is 0 Å². The molecule has 0 spiro atoms. The summed E-state index contributed by atoms with van der Waals surface area (Å²) < 4.78 is 32.4. The first-order valence-electron chi connectivity index (χ1n) is 8.86. The molecule has 1 aromatic heterocycles. The molecule has 4 aromatic rings. The van der Waals surface area contributed by atoms with E-state index < -0.39 is 17.5 Å². The number of pyridine rings is 1. The number of rotatable bonds is 4. The van der Waals surface area contributed by atoms with Crippen molar-refractivity contribution in [2.24, 2.45) is 0 Å². The van der Waals surface area contributed by atoms with Crippen molar-refractivity contribution in [2.75, 3.05) is 12.4 Å². The lowest BCUT2D eigenvalue weighted by atomic mass is 10.0. The molecule has 0 radical (unpaired) electrons. The normalized spacial score (nSPS) is 10.7. The summed E-state index contributed by atoms with van der Waals surface area (Å²) >= 11 is 0. The number of aromatic nitrogens is 1. The molecule has 4 rings (SSSR count). The van der Waals surface area contributed by atoms with Crippen LogP contribution in [0.15, 0.2) is 72.8 Å². The van der Waals surface area contributed by atoms with E-state index in [-0.39, 0.29) is 5.69 Å². The first-order valence-corrected chi connectivity index (χ1v) is 8.86. The van der Waals surface area contributed by atoms with Crippen molar-refractivity contribution in [3.05, 3.63) is 90.0 Å². The Morgan fingerprint density at radius 1 is 0.966 bits per heavy atom. The van der Waals surface area contributed by atoms with E-state index in [0.29, 0.717) is 27.9 Å². The van der Waals surface area contributed by atoms with Crippen LogP contribution in [0.1, 0.15) is 10.4 Å². The maximum absolute atomic E-state index is 14.0. The van der Waals surface area contributed by atoms with Crippen LogP contribution >= 0.6 is 0 Å². The number of para-hydroxylation sites is 1. The van der Waals surface area contributed by atoms with Crippen molar-refractivity contribution < 1.29 is 18.3 Å². The predicted molar refractivity (Wildman–Crippen MR) is 108 cm³/mol. The molecule has 29 heavy (non-hydrogen) atoms. The van der Waals surface area contributed by atoms with Gasteiger partial charge in [0.15, 0.2) is 0 Å². The lowest BCUT2D eigenvalue weighted by Crippen LogP contribution is -2.14. The summed E-state index contributed by atoms with van der Waals surface area (Å²) in [7, 11) is 1.57. The smallest absolute Gasteiger partial charge is 0.256 e. The molecule has 0 saturated carbocycles. The van der Waals surface area contributed by atoms with Gasteiger partial charge in [0.25, 0.3) is 5.91 Å². The number of benzene rings is 3. The maximum Gasteiger partial charge on any atom is 0.256 e. The van der Waals surface area contributed by atoms with Gasteiger partial charge in [0.05, 0.1) is 29.6 Å². The highest BCUT2D eigenvalue weighted by atomic mass is 19.1. The summed E-state index contributed by atoms with van der Waals surface area (Å²) in [6, 6.07) is 19.2. The lowest BCUT2D eigenvalue weighted by Gasteiger charge is -2.12. The molecule has 0 aliphatic rings. The summed E-state index contributed by atoms with van der Waals surface area (Å²) in [5, 5.41) is 3.14. The number of anilines is 1. The Morgan fingerprint density at radius 3 is 2.59 bits per heavy atom. The highest BCUT2D eigenvalue weighted by Gasteiger charge is 2.16. The molecule has 144 valence electrons. The van der Waals surface area contributed by atoms with E-state index in [2.05, 4.69) is 10.3 Å². The van der Waals surface area contributed by atoms with E-state index in [0.717, 1.165) is 17.7 Å². The summed E-state index contributed by atoms with van der Waals surface area (Å²) in [4.78, 5) is 17.6. The maximum atomic E-state index is 14.0. The molecule has 1 heterocycles. The molecular formula is C23H16F2N2O2. The number of nitrogens with zero attached hydrogens (tertiary/aromatic N) is 1. The Morgan fingerprint density at radius 2 is 1.79 bits per heavy atom. The van der Waals surface area contributed by atoms with Crippen LogP contribution in [0.3, 0.4) is 0 Å². The number of hydrogen-bond donors (Lipinski definition) is 1. The number of halogens is 2. The average molecular weight is 390 g/mol. The fourth-order valence-corrected chi connectivity index (χ4v) is 3.07. The Balaban J connectivity index is 1.81. The van der Waals surface area contributed by atoms with Crippen LogP contribution in [0.4, 0.5) is 14.5 Å². The molecule has 1 amide bonds. The Labute approximate surface area is 165 Å². The number of amides is 1. The molecular weight excluding hydrogens is 374 g/mol. The first kappa shape index (κ1) is 18.6. The highest BCUT2D eigenvalue weighted by Crippen LogP contribution is 2.28. The van der Waals surface area contributed by atoms with Gasteiger partial charge in [0.2, 0.25) is 0 Å². The summed E-state index contributed by atoms with van der Waals surface area (Å²) in [5.41, 5.74) is 2.21. The van der Waals surface area contributed by atoms with Crippen LogP contribution in [0.2, 0.25) is 0 Å². The molecule has 4 nitrogen and oxygen atoms in total. The van der Waals surface area contributed by atoms with E-state index >= 15 is 0 Å². The van der Waals surface area contributed by atoms with E-state index in [1.54, 1.807) is 31.4 Å². The molecule has 6 heteroatoms. The highest BCUT2D eigenvalue weighted by molar-refractivity contribution is 6.13. The standard InChI is InChI=1S/C23H16F2N2O2/c1-29-16-6-4-5-14(11-16)22-13-18(17-7-2-3-8-20(17)26-22)23(28)27-21-10-9-15(24)12-19(21)25/h2-13H,1H3,(H,27,28). The fraction of sp³-hybridized carbons (Fsp3) is 0.0435. The van der Waals surface area contributed by atoms with E-state index in [1.165, 1.54) is 6.07 Å². The molecule has 0 aliphatic carbocycles. The minimum absolute atomic E-state index is 0.0970. The van der Waals surface area contributed by atoms with Crippen molar-refractivity contribution in [3.63, 3.8) is 0 Å². The zero-order valence-corrected chi connectivity index (χ0v) is 15.4. The second-order valence-corrected chi connectivity index (χ2v) is 6.38. The molecule has 0 aliphatic heterocycles. The van der Waals surface area contributed by atoms with Gasteiger partial charge in [-0.3, -0.25) is 4.79 Å². The van der Waals surface area contributed by atoms with E-state index in [9.17, 15) is 13.6 Å². The van der Waals surface area contributed by atoms with Gasteiger partial charge in [-0.1, -0.05) is 30.3 Å². The van der Waals surface area contributed by atoms with E-state index in [4.69, 9.17) is 4.74 Å². The zero-order valence-electron chi connectivity index (χ0n) is 15.4. The van der Waals surface area contributed by atoms with E-state index in [1.807, 2.05) is 30.3 Å². The molecule has 0 unspecified atom stereocenters. The average Bonchev–Trinajstić information content (AvgIpc) is 2.75. The van der Waals surface area contributed by atoms with Gasteiger partial charge < -0.3 is 10.1 Å². The molecule has 0 atom stereocenters. The Hall–Kier alpha value is -3.80. The van der Waals surface area contributed by atoms with Gasteiger partial charge >= 0.3 is 0 Å². The predicted octanol–water partition coefficient (Wildman–Crippen LogP) is 5.44. The van der Waals surface area contributed by atoms with Crippen LogP contribution in [0.5, 0.6) is 5.75 Å². The molecule has 0 saturated heterocycles. The van der Waals surface area contributed by atoms with Gasteiger partial charge in [-0.05, 0) is 36.4 Å². The minimum atomic E-state index is -0.843. The van der Waals surface area contributed by atoms with Crippen LogP contribution in [-0.2, 0) is 0 Å². The molecule has 0 fully saturated rings. The van der Waals surface area contributed by atoms with Crippen molar-refractivity contribution in [3.8, 4) is 17.0 Å². The molecule has 0 bridgehead atoms. The van der Waals surface area contributed by atoms with Gasteiger partial charge in [-0.25, -0.2) is 13.8 Å². The van der Waals surface area contributed by atoms with Crippen LogP contribution in [-0.4, -0.2) is 18.0 Å². The second kappa shape index (κ2) is 7.67. The van der Waals surface area contributed by atoms with Gasteiger partial charge in [0.1, 0.15) is 17.4 Å². The summed E-state index contributed by atoms with van der Waals surface area (Å²) in [6.07, 6.45) is 0. The summed E-state index contributed by atoms with van der Waals surface area (Å²) in [5.74, 6) is -1.41. The lowest BCUT2D eigenvalue weighted by molar-refractivity contribution is 0.102.